The van der Waals surface area contributed by atoms with Crippen molar-refractivity contribution < 1.29 is 9.53 Å². The summed E-state index contributed by atoms with van der Waals surface area (Å²) in [4.78, 5) is 13.1. The van der Waals surface area contributed by atoms with Crippen LogP contribution >= 0.6 is 11.8 Å². The Kier molecular flexibility index (Phi) is 2.86. The summed E-state index contributed by atoms with van der Waals surface area (Å²) >= 11 is 1.56. The summed E-state index contributed by atoms with van der Waals surface area (Å²) < 4.78 is 4.86. The fourth-order valence-corrected chi connectivity index (χ4v) is 1.59. The highest BCUT2D eigenvalue weighted by Gasteiger charge is 2.23. The van der Waals surface area contributed by atoms with Gasteiger partial charge in [-0.3, -0.25) is 4.79 Å². The topological polar surface area (TPSA) is 41.6 Å². The summed E-state index contributed by atoms with van der Waals surface area (Å²) in [7, 11) is 3.37. The quantitative estimate of drug-likeness (QED) is 0.671. The lowest BCUT2D eigenvalue weighted by Crippen LogP contribution is -2.46. The van der Waals surface area contributed by atoms with Crippen LogP contribution in [0.3, 0.4) is 0 Å². The second kappa shape index (κ2) is 3.71. The molecule has 1 unspecified atom stereocenters. The van der Waals surface area contributed by atoms with E-state index in [4.69, 9.17) is 4.74 Å². The summed E-state index contributed by atoms with van der Waals surface area (Å²) in [6.45, 7) is 0. The Bertz CT molecular complexity index is 217. The van der Waals surface area contributed by atoms with Crippen LogP contribution in [0.5, 0.6) is 0 Å². The van der Waals surface area contributed by atoms with Crippen molar-refractivity contribution in [3.8, 4) is 0 Å². The molecule has 0 fully saturated rings. The SMILES string of the molecule is COC1=CN(C)C(SC)NC1=O. The van der Waals surface area contributed by atoms with E-state index in [1.54, 1.807) is 18.0 Å². The van der Waals surface area contributed by atoms with Gasteiger partial charge in [-0.05, 0) is 6.26 Å². The van der Waals surface area contributed by atoms with Crippen LogP contribution in [0.15, 0.2) is 12.0 Å². The standard InChI is InChI=1S/C7H12N2O2S/c1-9-4-5(11-2)6(10)8-7(9)12-3/h4,7H,1-3H3,(H,8,10). The van der Waals surface area contributed by atoms with Crippen molar-refractivity contribution in [1.82, 2.24) is 10.2 Å². The number of carbonyl (C=O) groups excluding carboxylic acids is 1. The van der Waals surface area contributed by atoms with Gasteiger partial charge in [0.05, 0.1) is 7.11 Å². The maximum atomic E-state index is 11.2. The lowest BCUT2D eigenvalue weighted by Gasteiger charge is -2.30. The van der Waals surface area contributed by atoms with Crippen molar-refractivity contribution in [2.75, 3.05) is 20.4 Å². The largest absolute Gasteiger partial charge is 0.490 e. The summed E-state index contributed by atoms with van der Waals surface area (Å²) in [5.41, 5.74) is 0.0106. The number of methoxy groups -OCH3 is 1. The van der Waals surface area contributed by atoms with E-state index in [-0.39, 0.29) is 11.4 Å². The highest BCUT2D eigenvalue weighted by molar-refractivity contribution is 7.99. The van der Waals surface area contributed by atoms with Gasteiger partial charge in [0.25, 0.3) is 5.91 Å². The van der Waals surface area contributed by atoms with Crippen LogP contribution in [0.25, 0.3) is 0 Å². The number of carbonyl (C=O) groups is 1. The molecular weight excluding hydrogens is 176 g/mol. The van der Waals surface area contributed by atoms with Crippen molar-refractivity contribution in [1.29, 1.82) is 0 Å². The van der Waals surface area contributed by atoms with Crippen LogP contribution in [0.4, 0.5) is 0 Å². The fourth-order valence-electron chi connectivity index (χ4n) is 0.967. The first kappa shape index (κ1) is 9.25. The molecule has 0 saturated carbocycles. The van der Waals surface area contributed by atoms with Crippen molar-refractivity contribution in [2.45, 2.75) is 5.50 Å². The number of nitrogens with zero attached hydrogens (tertiary/aromatic N) is 1. The zero-order valence-corrected chi connectivity index (χ0v) is 8.14. The Labute approximate surface area is 75.9 Å². The summed E-state index contributed by atoms with van der Waals surface area (Å²) in [6, 6.07) is 0. The van der Waals surface area contributed by atoms with E-state index in [0.717, 1.165) is 0 Å². The van der Waals surface area contributed by atoms with E-state index in [2.05, 4.69) is 5.32 Å². The molecule has 1 N–H and O–H groups in total. The van der Waals surface area contributed by atoms with Gasteiger partial charge in [-0.1, -0.05) is 0 Å². The fraction of sp³-hybridized carbons (Fsp3) is 0.571. The first-order valence-electron chi connectivity index (χ1n) is 3.50. The van der Waals surface area contributed by atoms with Gasteiger partial charge in [0.2, 0.25) is 0 Å². The van der Waals surface area contributed by atoms with E-state index in [9.17, 15) is 4.79 Å². The average molecular weight is 188 g/mol. The third kappa shape index (κ3) is 1.66. The van der Waals surface area contributed by atoms with Crippen LogP contribution in [0.1, 0.15) is 0 Å². The maximum Gasteiger partial charge on any atom is 0.290 e. The van der Waals surface area contributed by atoms with Gasteiger partial charge in [0.1, 0.15) is 5.50 Å². The van der Waals surface area contributed by atoms with Crippen LogP contribution in [0, 0.1) is 0 Å². The third-order valence-corrected chi connectivity index (χ3v) is 2.51. The molecule has 0 aromatic rings. The Balaban J connectivity index is 2.76. The normalized spacial score (nSPS) is 23.2. The van der Waals surface area contributed by atoms with Gasteiger partial charge >= 0.3 is 0 Å². The van der Waals surface area contributed by atoms with Crippen LogP contribution in [-0.4, -0.2) is 36.7 Å². The molecule has 12 heavy (non-hydrogen) atoms. The zero-order chi connectivity index (χ0) is 9.14. The monoisotopic (exact) mass is 188 g/mol. The minimum Gasteiger partial charge on any atom is -0.490 e. The zero-order valence-electron chi connectivity index (χ0n) is 7.33. The Morgan fingerprint density at radius 3 is 2.92 bits per heavy atom. The van der Waals surface area contributed by atoms with E-state index >= 15 is 0 Å². The van der Waals surface area contributed by atoms with E-state index in [1.807, 2.05) is 18.2 Å². The van der Waals surface area contributed by atoms with E-state index in [1.165, 1.54) is 7.11 Å². The molecule has 5 heteroatoms. The Hall–Kier alpha value is -0.840. The van der Waals surface area contributed by atoms with Gasteiger partial charge in [-0.25, -0.2) is 0 Å². The average Bonchev–Trinajstić information content (AvgIpc) is 2.08. The molecule has 0 spiro atoms. The van der Waals surface area contributed by atoms with Crippen molar-refractivity contribution in [2.24, 2.45) is 0 Å². The Morgan fingerprint density at radius 1 is 1.75 bits per heavy atom. The van der Waals surface area contributed by atoms with Crippen LogP contribution in [-0.2, 0) is 9.53 Å². The molecule has 1 amide bonds. The second-order valence-corrected chi connectivity index (χ2v) is 3.34. The molecule has 68 valence electrons. The number of hydrogen-bond acceptors (Lipinski definition) is 4. The molecule has 4 nitrogen and oxygen atoms in total. The van der Waals surface area contributed by atoms with Crippen molar-refractivity contribution in [3.63, 3.8) is 0 Å². The predicted octanol–water partition coefficient (Wildman–Crippen LogP) is 0.182. The second-order valence-electron chi connectivity index (χ2n) is 2.42. The number of amides is 1. The predicted molar refractivity (Wildman–Crippen MR) is 48.3 cm³/mol. The van der Waals surface area contributed by atoms with E-state index in [0.29, 0.717) is 5.76 Å². The molecule has 1 aliphatic heterocycles. The number of thioether (sulfide) groups is 1. The Morgan fingerprint density at radius 2 is 2.42 bits per heavy atom. The number of hydrogen-bond donors (Lipinski definition) is 1. The lowest BCUT2D eigenvalue weighted by atomic mass is 10.4. The highest BCUT2D eigenvalue weighted by Crippen LogP contribution is 2.15. The number of rotatable bonds is 2. The molecule has 1 heterocycles. The molecule has 0 bridgehead atoms. The molecule has 1 rings (SSSR count). The maximum absolute atomic E-state index is 11.2. The number of ether oxygens (including phenoxy) is 1. The highest BCUT2D eigenvalue weighted by atomic mass is 32.2. The van der Waals surface area contributed by atoms with Gasteiger partial charge in [-0.15, -0.1) is 11.8 Å². The number of nitrogens with one attached hydrogen (secondary N) is 1. The van der Waals surface area contributed by atoms with Gasteiger partial charge in [-0.2, -0.15) is 0 Å². The van der Waals surface area contributed by atoms with Crippen LogP contribution in [0.2, 0.25) is 0 Å². The first-order valence-corrected chi connectivity index (χ1v) is 4.79. The van der Waals surface area contributed by atoms with Crippen LogP contribution < -0.4 is 5.32 Å². The molecule has 0 radical (unpaired) electrons. The summed E-state index contributed by atoms with van der Waals surface area (Å²) in [5, 5.41) is 2.77. The third-order valence-electron chi connectivity index (χ3n) is 1.61. The van der Waals surface area contributed by atoms with Gasteiger partial charge < -0.3 is 15.0 Å². The first-order chi connectivity index (χ1) is 5.69. The molecule has 0 saturated heterocycles. The molecule has 1 aliphatic rings. The van der Waals surface area contributed by atoms with Gasteiger partial charge in [0.15, 0.2) is 5.76 Å². The minimum absolute atomic E-state index is 0.0106. The summed E-state index contributed by atoms with van der Waals surface area (Å²) in [5.74, 6) is 0.192. The summed E-state index contributed by atoms with van der Waals surface area (Å²) in [6.07, 6.45) is 3.63. The van der Waals surface area contributed by atoms with Crippen molar-refractivity contribution >= 4 is 17.7 Å². The minimum atomic E-state index is -0.157. The van der Waals surface area contributed by atoms with Crippen molar-refractivity contribution in [3.05, 3.63) is 12.0 Å². The van der Waals surface area contributed by atoms with Gasteiger partial charge in [0, 0.05) is 13.2 Å². The smallest absolute Gasteiger partial charge is 0.290 e. The molecular formula is C7H12N2O2S. The van der Waals surface area contributed by atoms with E-state index < -0.39 is 0 Å². The molecule has 0 aromatic carbocycles. The molecule has 0 aliphatic carbocycles. The molecule has 1 atom stereocenters. The lowest BCUT2D eigenvalue weighted by molar-refractivity contribution is -0.122. The molecule has 0 aromatic heterocycles.